The van der Waals surface area contributed by atoms with Gasteiger partial charge >= 0.3 is 0 Å². The summed E-state index contributed by atoms with van der Waals surface area (Å²) in [4.78, 5) is 13.2. The summed E-state index contributed by atoms with van der Waals surface area (Å²) in [5, 5.41) is 8.81. The summed E-state index contributed by atoms with van der Waals surface area (Å²) < 4.78 is 0. The molecule has 12 heavy (non-hydrogen) atoms. The number of nitrogens with zero attached hydrogens (tertiary/aromatic N) is 2. The number of hydrogen-bond acceptors (Lipinski definition) is 2. The van der Waals surface area contributed by atoms with Crippen LogP contribution in [0.1, 0.15) is 32.1 Å². The van der Waals surface area contributed by atoms with Crippen molar-refractivity contribution in [2.45, 2.75) is 44.2 Å². The van der Waals surface area contributed by atoms with Crippen LogP contribution in [0.4, 0.5) is 0 Å². The van der Waals surface area contributed by atoms with Crippen LogP contribution >= 0.6 is 0 Å². The first kappa shape index (κ1) is 7.60. The molecule has 0 radical (unpaired) electrons. The second kappa shape index (κ2) is 2.78. The van der Waals surface area contributed by atoms with E-state index in [1.54, 1.807) is 0 Å². The number of nitriles is 1. The Bertz CT molecular complexity index is 243. The van der Waals surface area contributed by atoms with Gasteiger partial charge in [-0.25, -0.2) is 0 Å². The van der Waals surface area contributed by atoms with Crippen LogP contribution in [-0.2, 0) is 4.79 Å². The average molecular weight is 164 g/mol. The van der Waals surface area contributed by atoms with E-state index >= 15 is 0 Å². The number of amides is 1. The van der Waals surface area contributed by atoms with Crippen molar-refractivity contribution in [1.82, 2.24) is 4.90 Å². The molecule has 0 unspecified atom stereocenters. The maximum Gasteiger partial charge on any atom is 0.223 e. The third kappa shape index (κ3) is 0.989. The molecule has 0 N–H and O–H groups in total. The van der Waals surface area contributed by atoms with Gasteiger partial charge < -0.3 is 4.90 Å². The van der Waals surface area contributed by atoms with Gasteiger partial charge in [-0.2, -0.15) is 5.26 Å². The summed E-state index contributed by atoms with van der Waals surface area (Å²) in [6, 6.07) is 2.47. The topological polar surface area (TPSA) is 44.1 Å². The zero-order valence-corrected chi connectivity index (χ0v) is 6.99. The summed E-state index contributed by atoms with van der Waals surface area (Å²) in [5.74, 6) is 0.186. The number of piperidine rings is 1. The Morgan fingerprint density at radius 1 is 1.42 bits per heavy atom. The zero-order chi connectivity index (χ0) is 8.55. The van der Waals surface area contributed by atoms with Crippen LogP contribution in [0.25, 0.3) is 0 Å². The SMILES string of the molecule is N#C[C@H]1CCC[C@@H]2CCC(=O)N21. The summed E-state index contributed by atoms with van der Waals surface area (Å²) in [6.45, 7) is 0. The van der Waals surface area contributed by atoms with Gasteiger partial charge in [-0.3, -0.25) is 4.79 Å². The molecule has 0 saturated carbocycles. The summed E-state index contributed by atoms with van der Waals surface area (Å²) in [6.07, 6.45) is 4.70. The van der Waals surface area contributed by atoms with E-state index in [-0.39, 0.29) is 11.9 Å². The maximum atomic E-state index is 11.4. The van der Waals surface area contributed by atoms with Crippen molar-refractivity contribution >= 4 is 5.91 Å². The fourth-order valence-electron chi connectivity index (χ4n) is 2.29. The Morgan fingerprint density at radius 3 is 3.00 bits per heavy atom. The smallest absolute Gasteiger partial charge is 0.223 e. The van der Waals surface area contributed by atoms with Crippen molar-refractivity contribution in [3.63, 3.8) is 0 Å². The molecule has 0 bridgehead atoms. The molecule has 64 valence electrons. The molecule has 2 saturated heterocycles. The molecule has 2 atom stereocenters. The quantitative estimate of drug-likeness (QED) is 0.537. The molecule has 2 aliphatic heterocycles. The summed E-state index contributed by atoms with van der Waals surface area (Å²) >= 11 is 0. The molecule has 2 rings (SSSR count). The Labute approximate surface area is 72.0 Å². The molecule has 0 aromatic carbocycles. The third-order valence-corrected chi connectivity index (χ3v) is 2.87. The predicted molar refractivity (Wildman–Crippen MR) is 43.1 cm³/mol. The fraction of sp³-hybridized carbons (Fsp3) is 0.778. The highest BCUT2D eigenvalue weighted by Crippen LogP contribution is 2.31. The van der Waals surface area contributed by atoms with E-state index in [0.717, 1.165) is 25.7 Å². The third-order valence-electron chi connectivity index (χ3n) is 2.87. The van der Waals surface area contributed by atoms with Gasteiger partial charge in [-0.1, -0.05) is 0 Å². The van der Waals surface area contributed by atoms with Crippen molar-refractivity contribution in [3.05, 3.63) is 0 Å². The number of carbonyl (C=O) groups excluding carboxylic acids is 1. The van der Waals surface area contributed by atoms with Crippen LogP contribution in [-0.4, -0.2) is 22.9 Å². The van der Waals surface area contributed by atoms with Gasteiger partial charge in [0, 0.05) is 12.5 Å². The van der Waals surface area contributed by atoms with E-state index < -0.39 is 0 Å². The lowest BCUT2D eigenvalue weighted by molar-refractivity contribution is -0.131. The lowest BCUT2D eigenvalue weighted by Gasteiger charge is -2.33. The highest BCUT2D eigenvalue weighted by Gasteiger charge is 2.38. The van der Waals surface area contributed by atoms with Gasteiger partial charge in [0.2, 0.25) is 5.91 Å². The van der Waals surface area contributed by atoms with Gasteiger partial charge in [-0.05, 0) is 25.7 Å². The monoisotopic (exact) mass is 164 g/mol. The van der Waals surface area contributed by atoms with Crippen LogP contribution in [0.3, 0.4) is 0 Å². The summed E-state index contributed by atoms with van der Waals surface area (Å²) in [5.41, 5.74) is 0. The minimum atomic E-state index is -0.126. The Morgan fingerprint density at radius 2 is 2.25 bits per heavy atom. The molecule has 3 heteroatoms. The van der Waals surface area contributed by atoms with E-state index in [9.17, 15) is 4.79 Å². The minimum Gasteiger partial charge on any atom is -0.324 e. The predicted octanol–water partition coefficient (Wildman–Crippen LogP) is 1.05. The Kier molecular flexibility index (Phi) is 1.76. The molecule has 2 fully saturated rings. The van der Waals surface area contributed by atoms with Crippen molar-refractivity contribution in [2.24, 2.45) is 0 Å². The first-order chi connectivity index (χ1) is 5.83. The van der Waals surface area contributed by atoms with Crippen molar-refractivity contribution < 1.29 is 4.79 Å². The molecule has 1 amide bonds. The fourth-order valence-corrected chi connectivity index (χ4v) is 2.29. The van der Waals surface area contributed by atoms with Gasteiger partial charge in [0.1, 0.15) is 6.04 Å². The van der Waals surface area contributed by atoms with Gasteiger partial charge in [-0.15, -0.1) is 0 Å². The standard InChI is InChI=1S/C9H12N2O/c10-6-8-3-1-2-7-4-5-9(12)11(7)8/h7-8H,1-5H2/t7-,8-/m1/s1. The van der Waals surface area contributed by atoms with E-state index in [2.05, 4.69) is 6.07 Å². The van der Waals surface area contributed by atoms with Crippen LogP contribution < -0.4 is 0 Å². The lowest BCUT2D eigenvalue weighted by atomic mass is 9.97. The number of fused-ring (bicyclic) bond motifs is 1. The van der Waals surface area contributed by atoms with E-state index in [1.165, 1.54) is 0 Å². The largest absolute Gasteiger partial charge is 0.324 e. The highest BCUT2D eigenvalue weighted by atomic mass is 16.2. The second-order valence-corrected chi connectivity index (χ2v) is 3.57. The first-order valence-corrected chi connectivity index (χ1v) is 4.53. The Balaban J connectivity index is 2.19. The average Bonchev–Trinajstić information content (AvgIpc) is 2.48. The number of carbonyl (C=O) groups is 1. The zero-order valence-electron chi connectivity index (χ0n) is 6.99. The first-order valence-electron chi connectivity index (χ1n) is 4.53. The van der Waals surface area contributed by atoms with Crippen molar-refractivity contribution in [3.8, 4) is 6.07 Å². The normalized spacial score (nSPS) is 34.6. The second-order valence-electron chi connectivity index (χ2n) is 3.57. The van der Waals surface area contributed by atoms with Gasteiger partial charge in [0.25, 0.3) is 0 Å². The summed E-state index contributed by atoms with van der Waals surface area (Å²) in [7, 11) is 0. The number of rotatable bonds is 0. The van der Waals surface area contributed by atoms with E-state index in [4.69, 9.17) is 5.26 Å². The molecule has 0 aromatic rings. The molecule has 2 heterocycles. The highest BCUT2D eigenvalue weighted by molar-refractivity contribution is 5.79. The van der Waals surface area contributed by atoms with E-state index in [1.807, 2.05) is 4.90 Å². The number of hydrogen-bond donors (Lipinski definition) is 0. The lowest BCUT2D eigenvalue weighted by Crippen LogP contribution is -2.44. The van der Waals surface area contributed by atoms with Gasteiger partial charge in [0.05, 0.1) is 6.07 Å². The molecule has 3 nitrogen and oxygen atoms in total. The molecule has 0 aliphatic carbocycles. The van der Waals surface area contributed by atoms with E-state index in [0.29, 0.717) is 12.5 Å². The Hall–Kier alpha value is -1.04. The van der Waals surface area contributed by atoms with Crippen LogP contribution in [0.15, 0.2) is 0 Å². The molecular weight excluding hydrogens is 152 g/mol. The van der Waals surface area contributed by atoms with Crippen LogP contribution in [0.5, 0.6) is 0 Å². The molecule has 2 aliphatic rings. The molecular formula is C9H12N2O. The van der Waals surface area contributed by atoms with Crippen LogP contribution in [0, 0.1) is 11.3 Å². The van der Waals surface area contributed by atoms with Crippen molar-refractivity contribution in [2.75, 3.05) is 0 Å². The van der Waals surface area contributed by atoms with Crippen molar-refractivity contribution in [1.29, 1.82) is 5.26 Å². The van der Waals surface area contributed by atoms with Gasteiger partial charge in [0.15, 0.2) is 0 Å². The maximum absolute atomic E-state index is 11.4. The van der Waals surface area contributed by atoms with Crippen LogP contribution in [0.2, 0.25) is 0 Å². The minimum absolute atomic E-state index is 0.126. The molecule has 0 spiro atoms. The molecule has 0 aromatic heterocycles.